The summed E-state index contributed by atoms with van der Waals surface area (Å²) in [6, 6.07) is 0. The standard InChI is InChI=1S/C19H25BrO2/c1-18-7-6-12-11-3-5-15(21)17(20)13(11)2-4-14(12)19(18)9-10(19)8-16(18)22/h10-12,14,16,22H,2-9H2,1H3/t10?,11-,12-,14-,16?,18-,19?/m1/s1. The van der Waals surface area contributed by atoms with Gasteiger partial charge in [0.05, 0.1) is 10.6 Å². The summed E-state index contributed by atoms with van der Waals surface area (Å²) in [5, 5.41) is 10.6. The molecule has 7 atom stereocenters. The molecule has 3 unspecified atom stereocenters. The van der Waals surface area contributed by atoms with Gasteiger partial charge in [0, 0.05) is 6.42 Å². The number of rotatable bonds is 0. The number of hydrogen-bond acceptors (Lipinski definition) is 2. The Bertz CT molecular complexity index is 596. The van der Waals surface area contributed by atoms with Crippen molar-refractivity contribution in [2.45, 2.75) is 64.4 Å². The van der Waals surface area contributed by atoms with Crippen molar-refractivity contribution in [1.29, 1.82) is 0 Å². The van der Waals surface area contributed by atoms with Crippen LogP contribution in [-0.4, -0.2) is 17.0 Å². The van der Waals surface area contributed by atoms with Crippen molar-refractivity contribution in [2.24, 2.45) is 34.5 Å². The predicted molar refractivity (Wildman–Crippen MR) is 88.4 cm³/mol. The molecule has 0 aromatic carbocycles. The van der Waals surface area contributed by atoms with E-state index in [1.54, 1.807) is 0 Å². The molecule has 1 N–H and O–H groups in total. The van der Waals surface area contributed by atoms with Crippen LogP contribution in [0.2, 0.25) is 0 Å². The third-order valence-corrected chi connectivity index (χ3v) is 9.48. The summed E-state index contributed by atoms with van der Waals surface area (Å²) in [5.74, 6) is 3.33. The number of carbonyl (C=O) groups excluding carboxylic acids is 1. The Morgan fingerprint density at radius 1 is 1.23 bits per heavy atom. The lowest BCUT2D eigenvalue weighted by Crippen LogP contribution is -2.50. The van der Waals surface area contributed by atoms with Crippen molar-refractivity contribution in [3.8, 4) is 0 Å². The summed E-state index contributed by atoms with van der Waals surface area (Å²) in [4.78, 5) is 12.0. The van der Waals surface area contributed by atoms with E-state index >= 15 is 0 Å². The first-order chi connectivity index (χ1) is 10.5. The van der Waals surface area contributed by atoms with Crippen molar-refractivity contribution < 1.29 is 9.90 Å². The van der Waals surface area contributed by atoms with E-state index in [0.717, 1.165) is 47.9 Å². The first-order valence-corrected chi connectivity index (χ1v) is 9.88. The first kappa shape index (κ1) is 14.2. The number of carbonyl (C=O) groups is 1. The van der Waals surface area contributed by atoms with E-state index in [-0.39, 0.29) is 11.5 Å². The SMILES string of the molecule is C[C@]12CC[C@H]3[C@@H](CCC4=C(Br)C(=O)CC[C@@H]43)C13CC3CC2O. The maximum Gasteiger partial charge on any atom is 0.169 e. The molecular weight excluding hydrogens is 340 g/mol. The molecule has 0 heterocycles. The Hall–Kier alpha value is -0.150. The van der Waals surface area contributed by atoms with Gasteiger partial charge in [0.2, 0.25) is 0 Å². The number of aliphatic hydroxyl groups excluding tert-OH is 1. The Balaban J connectivity index is 1.54. The molecule has 5 aliphatic carbocycles. The van der Waals surface area contributed by atoms with Crippen LogP contribution in [0.3, 0.4) is 0 Å². The summed E-state index contributed by atoms with van der Waals surface area (Å²) in [5.41, 5.74) is 2.07. The molecule has 0 aromatic heterocycles. The van der Waals surface area contributed by atoms with Crippen molar-refractivity contribution in [3.05, 3.63) is 10.1 Å². The van der Waals surface area contributed by atoms with Gasteiger partial charge < -0.3 is 5.11 Å². The zero-order valence-electron chi connectivity index (χ0n) is 13.3. The molecule has 22 heavy (non-hydrogen) atoms. The van der Waals surface area contributed by atoms with Crippen LogP contribution in [0.15, 0.2) is 10.1 Å². The molecule has 5 rings (SSSR count). The van der Waals surface area contributed by atoms with Crippen molar-refractivity contribution in [1.82, 2.24) is 0 Å². The normalized spacial score (nSPS) is 56.1. The molecule has 2 nitrogen and oxygen atoms in total. The van der Waals surface area contributed by atoms with Gasteiger partial charge in [0.25, 0.3) is 0 Å². The number of Topliss-reactive ketones (excluding diaryl/α,β-unsaturated/α-hetero) is 1. The maximum absolute atomic E-state index is 12.0. The van der Waals surface area contributed by atoms with Gasteiger partial charge in [-0.15, -0.1) is 0 Å². The molecule has 1 spiro atoms. The summed E-state index contributed by atoms with van der Waals surface area (Å²) in [6.45, 7) is 2.38. The number of aliphatic hydroxyl groups is 1. The lowest BCUT2D eigenvalue weighted by Gasteiger charge is -2.55. The molecule has 0 radical (unpaired) electrons. The Kier molecular flexibility index (Phi) is 2.76. The zero-order valence-corrected chi connectivity index (χ0v) is 14.9. The molecule has 0 aliphatic heterocycles. The highest BCUT2D eigenvalue weighted by Crippen LogP contribution is 2.81. The second-order valence-corrected chi connectivity index (χ2v) is 9.66. The van der Waals surface area contributed by atoms with E-state index in [1.165, 1.54) is 31.3 Å². The smallest absolute Gasteiger partial charge is 0.169 e. The molecule has 0 aromatic rings. The van der Waals surface area contributed by atoms with Gasteiger partial charge >= 0.3 is 0 Å². The van der Waals surface area contributed by atoms with Crippen LogP contribution in [0.4, 0.5) is 0 Å². The van der Waals surface area contributed by atoms with Gasteiger partial charge in [-0.05, 0) is 101 Å². The molecule has 0 bridgehead atoms. The number of ketones is 1. The minimum absolute atomic E-state index is 0.0659. The fourth-order valence-electron chi connectivity index (χ4n) is 7.45. The number of allylic oxidation sites excluding steroid dienone is 1. The third-order valence-electron chi connectivity index (χ3n) is 8.53. The largest absolute Gasteiger partial charge is 0.393 e. The summed E-state index contributed by atoms with van der Waals surface area (Å²) < 4.78 is 0.923. The maximum atomic E-state index is 12.0. The summed E-state index contributed by atoms with van der Waals surface area (Å²) >= 11 is 3.60. The van der Waals surface area contributed by atoms with Crippen molar-refractivity contribution in [2.75, 3.05) is 0 Å². The fourth-order valence-corrected chi connectivity index (χ4v) is 8.14. The lowest BCUT2D eigenvalue weighted by atomic mass is 9.49. The molecule has 0 saturated heterocycles. The van der Waals surface area contributed by atoms with E-state index in [9.17, 15) is 9.90 Å². The first-order valence-electron chi connectivity index (χ1n) is 9.09. The fraction of sp³-hybridized carbons (Fsp3) is 0.842. The highest BCUT2D eigenvalue weighted by atomic mass is 79.9. The Morgan fingerprint density at radius 2 is 2.05 bits per heavy atom. The highest BCUT2D eigenvalue weighted by molar-refractivity contribution is 9.12. The predicted octanol–water partition coefficient (Wildman–Crippen LogP) is 4.21. The second-order valence-electron chi connectivity index (χ2n) is 8.87. The van der Waals surface area contributed by atoms with Crippen molar-refractivity contribution >= 4 is 21.7 Å². The minimum atomic E-state index is -0.0659. The van der Waals surface area contributed by atoms with Gasteiger partial charge in [-0.25, -0.2) is 0 Å². The Morgan fingerprint density at radius 3 is 2.86 bits per heavy atom. The van der Waals surface area contributed by atoms with Crippen LogP contribution in [0, 0.1) is 34.5 Å². The monoisotopic (exact) mass is 364 g/mol. The second kappa shape index (κ2) is 4.27. The molecule has 5 aliphatic rings. The van der Waals surface area contributed by atoms with Crippen LogP contribution >= 0.6 is 15.9 Å². The van der Waals surface area contributed by atoms with Crippen molar-refractivity contribution in [3.63, 3.8) is 0 Å². The highest BCUT2D eigenvalue weighted by Gasteiger charge is 2.76. The average molecular weight is 365 g/mol. The van der Waals surface area contributed by atoms with Crippen LogP contribution in [0.25, 0.3) is 0 Å². The lowest BCUT2D eigenvalue weighted by molar-refractivity contribution is -0.117. The average Bonchev–Trinajstić information content (AvgIpc) is 3.16. The molecule has 0 amide bonds. The topological polar surface area (TPSA) is 37.3 Å². The summed E-state index contributed by atoms with van der Waals surface area (Å²) in [6.07, 6.45) is 8.97. The zero-order chi connectivity index (χ0) is 15.3. The Labute approximate surface area is 140 Å². The minimum Gasteiger partial charge on any atom is -0.393 e. The molecule has 4 fully saturated rings. The number of halogens is 1. The quantitative estimate of drug-likeness (QED) is 0.698. The molecule has 4 saturated carbocycles. The van der Waals surface area contributed by atoms with Crippen LogP contribution < -0.4 is 0 Å². The molecular formula is C19H25BrO2. The summed E-state index contributed by atoms with van der Waals surface area (Å²) in [7, 11) is 0. The van der Waals surface area contributed by atoms with Gasteiger partial charge in [-0.3, -0.25) is 4.79 Å². The van der Waals surface area contributed by atoms with Crippen LogP contribution in [0.5, 0.6) is 0 Å². The number of hydrogen-bond donors (Lipinski definition) is 1. The van der Waals surface area contributed by atoms with Gasteiger partial charge in [0.1, 0.15) is 0 Å². The van der Waals surface area contributed by atoms with Gasteiger partial charge in [-0.1, -0.05) is 6.92 Å². The molecule has 3 heteroatoms. The number of fused-ring (bicyclic) bond motifs is 3. The van der Waals surface area contributed by atoms with Gasteiger partial charge in [0.15, 0.2) is 5.78 Å². The van der Waals surface area contributed by atoms with Crippen LogP contribution in [0.1, 0.15) is 58.3 Å². The van der Waals surface area contributed by atoms with E-state index in [0.29, 0.717) is 17.1 Å². The van der Waals surface area contributed by atoms with Gasteiger partial charge in [-0.2, -0.15) is 0 Å². The van der Waals surface area contributed by atoms with Crippen LogP contribution in [-0.2, 0) is 4.79 Å². The third kappa shape index (κ3) is 1.45. The van der Waals surface area contributed by atoms with E-state index in [4.69, 9.17) is 0 Å². The van der Waals surface area contributed by atoms with E-state index < -0.39 is 0 Å². The van der Waals surface area contributed by atoms with E-state index in [1.807, 2.05) is 0 Å². The molecule has 120 valence electrons. The van der Waals surface area contributed by atoms with E-state index in [2.05, 4.69) is 22.9 Å².